The molecule has 0 amide bonds. The Labute approximate surface area is 129 Å². The second-order valence-electron chi connectivity index (χ2n) is 6.47. The Bertz CT molecular complexity index is 411. The molecule has 0 aliphatic heterocycles. The molecule has 1 N–H and O–H groups in total. The first-order chi connectivity index (χ1) is 10.2. The van der Waals surface area contributed by atoms with Gasteiger partial charge in [0, 0.05) is 20.2 Å². The van der Waals surface area contributed by atoms with Crippen LogP contribution in [-0.4, -0.2) is 26.4 Å². The van der Waals surface area contributed by atoms with E-state index in [1.54, 1.807) is 7.11 Å². The lowest BCUT2D eigenvalue weighted by molar-refractivity contribution is 0.101. The van der Waals surface area contributed by atoms with Gasteiger partial charge in [0.1, 0.15) is 5.75 Å². The van der Waals surface area contributed by atoms with E-state index >= 15 is 0 Å². The molecule has 21 heavy (non-hydrogen) atoms. The molecule has 1 aliphatic rings. The summed E-state index contributed by atoms with van der Waals surface area (Å²) in [6.45, 7) is 7.15. The van der Waals surface area contributed by atoms with Crippen LogP contribution in [0.3, 0.4) is 0 Å². The van der Waals surface area contributed by atoms with E-state index in [1.165, 1.54) is 24.8 Å². The van der Waals surface area contributed by atoms with Gasteiger partial charge in [-0.1, -0.05) is 26.0 Å². The highest BCUT2D eigenvalue weighted by Crippen LogP contribution is 2.31. The van der Waals surface area contributed by atoms with Gasteiger partial charge in [0.2, 0.25) is 0 Å². The van der Waals surface area contributed by atoms with Crippen molar-refractivity contribution < 1.29 is 9.47 Å². The fourth-order valence-corrected chi connectivity index (χ4v) is 3.30. The van der Waals surface area contributed by atoms with Crippen molar-refractivity contribution in [1.29, 1.82) is 0 Å². The normalized spacial score (nSPS) is 25.8. The molecule has 0 saturated heterocycles. The Kier molecular flexibility index (Phi) is 6.52. The topological polar surface area (TPSA) is 30.5 Å². The summed E-state index contributed by atoms with van der Waals surface area (Å²) in [6.07, 6.45) is 4.07. The molecule has 0 radical (unpaired) electrons. The van der Waals surface area contributed by atoms with Crippen molar-refractivity contribution in [2.45, 2.75) is 45.8 Å². The van der Waals surface area contributed by atoms with E-state index in [0.717, 1.165) is 37.3 Å². The predicted octanol–water partition coefficient (Wildman–Crippen LogP) is 3.63. The second-order valence-corrected chi connectivity index (χ2v) is 6.47. The highest BCUT2D eigenvalue weighted by Gasteiger charge is 2.25. The molecule has 2 unspecified atom stereocenters. The Morgan fingerprint density at radius 1 is 1.14 bits per heavy atom. The predicted molar refractivity (Wildman–Crippen MR) is 86.6 cm³/mol. The minimum atomic E-state index is 0.375. The molecule has 1 aromatic carbocycles. The van der Waals surface area contributed by atoms with Gasteiger partial charge in [-0.15, -0.1) is 0 Å². The van der Waals surface area contributed by atoms with Crippen LogP contribution < -0.4 is 10.1 Å². The SMILES string of the molecule is COCCNCc1cccc(OC2CC(C)CC(C)C2)c1. The zero-order valence-electron chi connectivity index (χ0n) is 13.6. The van der Waals surface area contributed by atoms with Crippen LogP contribution in [0.4, 0.5) is 0 Å². The first-order valence-corrected chi connectivity index (χ1v) is 8.12. The first kappa shape index (κ1) is 16.3. The largest absolute Gasteiger partial charge is 0.490 e. The summed E-state index contributed by atoms with van der Waals surface area (Å²) in [5.41, 5.74) is 1.26. The number of rotatable bonds is 7. The third kappa shape index (κ3) is 5.68. The Balaban J connectivity index is 1.85. The fraction of sp³-hybridized carbons (Fsp3) is 0.667. The molecule has 2 rings (SSSR count). The van der Waals surface area contributed by atoms with E-state index in [1.807, 2.05) is 0 Å². The van der Waals surface area contributed by atoms with Gasteiger partial charge in [0.05, 0.1) is 12.7 Å². The van der Waals surface area contributed by atoms with Crippen LogP contribution in [0.15, 0.2) is 24.3 Å². The average molecular weight is 291 g/mol. The van der Waals surface area contributed by atoms with Crippen molar-refractivity contribution in [3.63, 3.8) is 0 Å². The summed E-state index contributed by atoms with van der Waals surface area (Å²) in [6, 6.07) is 8.45. The van der Waals surface area contributed by atoms with Crippen molar-refractivity contribution in [3.8, 4) is 5.75 Å². The summed E-state index contributed by atoms with van der Waals surface area (Å²) >= 11 is 0. The Morgan fingerprint density at radius 2 is 1.90 bits per heavy atom. The molecule has 0 aromatic heterocycles. The number of ether oxygens (including phenoxy) is 2. The number of methoxy groups -OCH3 is 1. The third-order valence-corrected chi connectivity index (χ3v) is 4.15. The summed E-state index contributed by atoms with van der Waals surface area (Å²) in [4.78, 5) is 0. The molecule has 1 aliphatic carbocycles. The number of hydrogen-bond acceptors (Lipinski definition) is 3. The van der Waals surface area contributed by atoms with Crippen molar-refractivity contribution >= 4 is 0 Å². The highest BCUT2D eigenvalue weighted by molar-refractivity contribution is 5.28. The van der Waals surface area contributed by atoms with Crippen LogP contribution in [0.2, 0.25) is 0 Å². The molecule has 0 heterocycles. The van der Waals surface area contributed by atoms with E-state index in [-0.39, 0.29) is 0 Å². The van der Waals surface area contributed by atoms with E-state index < -0.39 is 0 Å². The molecule has 3 heteroatoms. The molecule has 0 spiro atoms. The van der Waals surface area contributed by atoms with Crippen molar-refractivity contribution in [2.75, 3.05) is 20.3 Å². The van der Waals surface area contributed by atoms with Crippen LogP contribution in [0.5, 0.6) is 5.75 Å². The molecule has 1 fully saturated rings. The molecule has 1 saturated carbocycles. The fourth-order valence-electron chi connectivity index (χ4n) is 3.30. The highest BCUT2D eigenvalue weighted by atomic mass is 16.5. The van der Waals surface area contributed by atoms with Gasteiger partial charge in [0.25, 0.3) is 0 Å². The smallest absolute Gasteiger partial charge is 0.120 e. The van der Waals surface area contributed by atoms with Crippen molar-refractivity contribution in [1.82, 2.24) is 5.32 Å². The lowest BCUT2D eigenvalue weighted by Crippen LogP contribution is -2.28. The van der Waals surface area contributed by atoms with Crippen molar-refractivity contribution in [2.24, 2.45) is 11.8 Å². The lowest BCUT2D eigenvalue weighted by Gasteiger charge is -2.31. The minimum Gasteiger partial charge on any atom is -0.490 e. The average Bonchev–Trinajstić information content (AvgIpc) is 2.43. The third-order valence-electron chi connectivity index (χ3n) is 4.15. The Morgan fingerprint density at radius 3 is 2.62 bits per heavy atom. The molecule has 3 nitrogen and oxygen atoms in total. The minimum absolute atomic E-state index is 0.375. The molecule has 118 valence electrons. The number of hydrogen-bond donors (Lipinski definition) is 1. The number of nitrogens with one attached hydrogen (secondary N) is 1. The van der Waals surface area contributed by atoms with Gasteiger partial charge in [-0.2, -0.15) is 0 Å². The van der Waals surface area contributed by atoms with Crippen LogP contribution in [0, 0.1) is 11.8 Å². The molecular weight excluding hydrogens is 262 g/mol. The standard InChI is InChI=1S/C18H29NO2/c1-14-9-15(2)11-18(10-14)21-17-6-4-5-16(12-17)13-19-7-8-20-3/h4-6,12,14-15,18-19H,7-11,13H2,1-3H3. The summed E-state index contributed by atoms with van der Waals surface area (Å²) < 4.78 is 11.2. The molecule has 0 bridgehead atoms. The summed E-state index contributed by atoms with van der Waals surface area (Å²) in [5.74, 6) is 2.56. The van der Waals surface area contributed by atoms with Crippen LogP contribution in [-0.2, 0) is 11.3 Å². The van der Waals surface area contributed by atoms with E-state index in [2.05, 4.69) is 43.4 Å². The first-order valence-electron chi connectivity index (χ1n) is 8.12. The second kappa shape index (κ2) is 8.40. The van der Waals surface area contributed by atoms with E-state index in [4.69, 9.17) is 9.47 Å². The lowest BCUT2D eigenvalue weighted by atomic mass is 9.82. The zero-order valence-corrected chi connectivity index (χ0v) is 13.6. The van der Waals surface area contributed by atoms with Crippen LogP contribution in [0.1, 0.15) is 38.7 Å². The van der Waals surface area contributed by atoms with E-state index in [0.29, 0.717) is 6.10 Å². The molecule has 1 aromatic rings. The van der Waals surface area contributed by atoms with Gasteiger partial charge >= 0.3 is 0 Å². The van der Waals surface area contributed by atoms with Crippen LogP contribution in [0.25, 0.3) is 0 Å². The Hall–Kier alpha value is -1.06. The van der Waals surface area contributed by atoms with Gasteiger partial charge in [-0.3, -0.25) is 0 Å². The molecule has 2 atom stereocenters. The molecular formula is C18H29NO2. The summed E-state index contributed by atoms with van der Waals surface area (Å²) in [5, 5.41) is 3.37. The zero-order chi connectivity index (χ0) is 15.1. The van der Waals surface area contributed by atoms with Gasteiger partial charge in [-0.05, 0) is 48.8 Å². The quantitative estimate of drug-likeness (QED) is 0.778. The van der Waals surface area contributed by atoms with Crippen LogP contribution >= 0.6 is 0 Å². The van der Waals surface area contributed by atoms with Gasteiger partial charge in [-0.25, -0.2) is 0 Å². The van der Waals surface area contributed by atoms with Gasteiger partial charge in [0.15, 0.2) is 0 Å². The maximum Gasteiger partial charge on any atom is 0.120 e. The monoisotopic (exact) mass is 291 g/mol. The van der Waals surface area contributed by atoms with Gasteiger partial charge < -0.3 is 14.8 Å². The summed E-state index contributed by atoms with van der Waals surface area (Å²) in [7, 11) is 1.72. The maximum atomic E-state index is 6.21. The van der Waals surface area contributed by atoms with Crippen molar-refractivity contribution in [3.05, 3.63) is 29.8 Å². The van der Waals surface area contributed by atoms with E-state index in [9.17, 15) is 0 Å². The number of benzene rings is 1. The maximum absolute atomic E-state index is 6.21.